The van der Waals surface area contributed by atoms with E-state index in [0.29, 0.717) is 13.0 Å². The van der Waals surface area contributed by atoms with E-state index in [0.717, 1.165) is 10.7 Å². The SMILES string of the molecule is Cc1csc(C(C)(C)NC(=O)CCN)n1. The van der Waals surface area contributed by atoms with Crippen molar-refractivity contribution in [3.63, 3.8) is 0 Å². The van der Waals surface area contributed by atoms with Crippen LogP contribution in [0.25, 0.3) is 0 Å². The third-order valence-electron chi connectivity index (χ3n) is 1.98. The number of carbonyl (C=O) groups is 1. The lowest BCUT2D eigenvalue weighted by molar-refractivity contribution is -0.122. The molecule has 1 aromatic rings. The fraction of sp³-hybridized carbons (Fsp3) is 0.600. The standard InChI is InChI=1S/C10H17N3OS/c1-7-6-15-9(12-7)10(2,3)13-8(14)4-5-11/h6H,4-5,11H2,1-3H3,(H,13,14). The molecule has 1 aromatic heterocycles. The van der Waals surface area contributed by atoms with Gasteiger partial charge in [-0.2, -0.15) is 0 Å². The van der Waals surface area contributed by atoms with E-state index in [1.807, 2.05) is 26.2 Å². The predicted octanol–water partition coefficient (Wildman–Crippen LogP) is 1.15. The zero-order valence-corrected chi connectivity index (χ0v) is 10.1. The van der Waals surface area contributed by atoms with Gasteiger partial charge in [0.1, 0.15) is 5.01 Å². The van der Waals surface area contributed by atoms with Crippen LogP contribution < -0.4 is 11.1 Å². The number of aromatic nitrogens is 1. The van der Waals surface area contributed by atoms with Gasteiger partial charge in [-0.25, -0.2) is 4.98 Å². The quantitative estimate of drug-likeness (QED) is 0.811. The second-order valence-electron chi connectivity index (χ2n) is 4.01. The smallest absolute Gasteiger partial charge is 0.222 e. The Bertz CT molecular complexity index is 346. The molecule has 0 spiro atoms. The first kappa shape index (κ1) is 12.1. The Morgan fingerprint density at radius 1 is 1.67 bits per heavy atom. The van der Waals surface area contributed by atoms with E-state index in [1.165, 1.54) is 0 Å². The minimum absolute atomic E-state index is 0.0321. The maximum Gasteiger partial charge on any atom is 0.222 e. The summed E-state index contributed by atoms with van der Waals surface area (Å²) in [7, 11) is 0. The summed E-state index contributed by atoms with van der Waals surface area (Å²) >= 11 is 1.56. The van der Waals surface area contributed by atoms with E-state index in [2.05, 4.69) is 10.3 Å². The summed E-state index contributed by atoms with van der Waals surface area (Å²) in [5.41, 5.74) is 5.89. The number of carbonyl (C=O) groups excluding carboxylic acids is 1. The first-order valence-corrected chi connectivity index (χ1v) is 5.77. The number of nitrogens with zero attached hydrogens (tertiary/aromatic N) is 1. The van der Waals surface area contributed by atoms with Gasteiger partial charge in [0.25, 0.3) is 0 Å². The van der Waals surface area contributed by atoms with E-state index in [4.69, 9.17) is 5.73 Å². The van der Waals surface area contributed by atoms with Crippen molar-refractivity contribution in [1.29, 1.82) is 0 Å². The molecule has 1 heterocycles. The highest BCUT2D eigenvalue weighted by Crippen LogP contribution is 2.23. The maximum atomic E-state index is 11.4. The molecule has 0 bridgehead atoms. The van der Waals surface area contributed by atoms with Crippen LogP contribution in [0.1, 0.15) is 31.0 Å². The summed E-state index contributed by atoms with van der Waals surface area (Å²) < 4.78 is 0. The molecule has 15 heavy (non-hydrogen) atoms. The van der Waals surface area contributed by atoms with Gasteiger partial charge in [-0.15, -0.1) is 11.3 Å². The predicted molar refractivity (Wildman–Crippen MR) is 61.7 cm³/mol. The number of nitrogens with two attached hydrogens (primary N) is 1. The topological polar surface area (TPSA) is 68.0 Å². The Labute approximate surface area is 93.9 Å². The van der Waals surface area contributed by atoms with Crippen LogP contribution in [0.15, 0.2) is 5.38 Å². The number of rotatable bonds is 4. The Balaban J connectivity index is 2.70. The van der Waals surface area contributed by atoms with Crippen molar-refractivity contribution in [3.8, 4) is 0 Å². The molecule has 84 valence electrons. The zero-order chi connectivity index (χ0) is 11.5. The van der Waals surface area contributed by atoms with Crippen LogP contribution in [0, 0.1) is 6.92 Å². The van der Waals surface area contributed by atoms with Crippen LogP contribution in [-0.2, 0) is 10.3 Å². The lowest BCUT2D eigenvalue weighted by Crippen LogP contribution is -2.41. The molecule has 1 rings (SSSR count). The van der Waals surface area contributed by atoms with Gasteiger partial charge in [0.15, 0.2) is 0 Å². The third-order valence-corrected chi connectivity index (χ3v) is 3.26. The minimum atomic E-state index is -0.412. The van der Waals surface area contributed by atoms with Crippen molar-refractivity contribution in [2.75, 3.05) is 6.54 Å². The first-order chi connectivity index (χ1) is 6.95. The van der Waals surface area contributed by atoms with E-state index in [9.17, 15) is 4.79 Å². The van der Waals surface area contributed by atoms with Crippen LogP contribution in [0.4, 0.5) is 0 Å². The van der Waals surface area contributed by atoms with Gasteiger partial charge in [0.05, 0.1) is 5.54 Å². The molecule has 4 nitrogen and oxygen atoms in total. The lowest BCUT2D eigenvalue weighted by Gasteiger charge is -2.23. The molecule has 1 amide bonds. The van der Waals surface area contributed by atoms with Crippen molar-refractivity contribution in [2.24, 2.45) is 5.73 Å². The second kappa shape index (κ2) is 4.72. The van der Waals surface area contributed by atoms with Crippen molar-refractivity contribution >= 4 is 17.2 Å². The molecule has 0 unspecified atom stereocenters. The number of nitrogens with one attached hydrogen (secondary N) is 1. The molecule has 0 saturated heterocycles. The normalized spacial score (nSPS) is 11.5. The van der Waals surface area contributed by atoms with Gasteiger partial charge in [0, 0.05) is 24.0 Å². The van der Waals surface area contributed by atoms with Crippen molar-refractivity contribution in [1.82, 2.24) is 10.3 Å². The Morgan fingerprint density at radius 2 is 2.33 bits per heavy atom. The highest BCUT2D eigenvalue weighted by Gasteiger charge is 2.25. The lowest BCUT2D eigenvalue weighted by atomic mass is 10.1. The maximum absolute atomic E-state index is 11.4. The van der Waals surface area contributed by atoms with Gasteiger partial charge in [-0.05, 0) is 20.8 Å². The monoisotopic (exact) mass is 227 g/mol. The molecule has 0 aliphatic heterocycles. The number of amides is 1. The fourth-order valence-corrected chi connectivity index (χ4v) is 2.11. The average molecular weight is 227 g/mol. The van der Waals surface area contributed by atoms with Gasteiger partial charge < -0.3 is 11.1 Å². The van der Waals surface area contributed by atoms with Crippen molar-refractivity contribution < 1.29 is 4.79 Å². The Morgan fingerprint density at radius 3 is 2.80 bits per heavy atom. The molecule has 0 aromatic carbocycles. The fourth-order valence-electron chi connectivity index (χ4n) is 1.24. The Hall–Kier alpha value is -0.940. The van der Waals surface area contributed by atoms with Crippen molar-refractivity contribution in [2.45, 2.75) is 32.7 Å². The molecule has 3 N–H and O–H groups in total. The molecule has 0 atom stereocenters. The van der Waals surface area contributed by atoms with Gasteiger partial charge in [-0.1, -0.05) is 0 Å². The molecule has 0 radical (unpaired) electrons. The summed E-state index contributed by atoms with van der Waals surface area (Å²) in [5, 5.41) is 5.82. The van der Waals surface area contributed by atoms with Crippen molar-refractivity contribution in [3.05, 3.63) is 16.1 Å². The summed E-state index contributed by atoms with van der Waals surface area (Å²) in [5.74, 6) is -0.0321. The van der Waals surface area contributed by atoms with E-state index >= 15 is 0 Å². The van der Waals surface area contributed by atoms with E-state index in [1.54, 1.807) is 11.3 Å². The summed E-state index contributed by atoms with van der Waals surface area (Å²) in [6, 6.07) is 0. The summed E-state index contributed by atoms with van der Waals surface area (Å²) in [6.07, 6.45) is 0.355. The summed E-state index contributed by atoms with van der Waals surface area (Å²) in [6.45, 7) is 6.20. The first-order valence-electron chi connectivity index (χ1n) is 4.89. The molecule has 0 aliphatic rings. The van der Waals surface area contributed by atoms with E-state index in [-0.39, 0.29) is 5.91 Å². The number of hydrogen-bond acceptors (Lipinski definition) is 4. The van der Waals surface area contributed by atoms with Crippen LogP contribution in [0.2, 0.25) is 0 Å². The third kappa shape index (κ3) is 3.28. The largest absolute Gasteiger partial charge is 0.345 e. The second-order valence-corrected chi connectivity index (χ2v) is 4.86. The molecule has 0 saturated carbocycles. The minimum Gasteiger partial charge on any atom is -0.345 e. The molecule has 5 heteroatoms. The van der Waals surface area contributed by atoms with Crippen LogP contribution >= 0.6 is 11.3 Å². The summed E-state index contributed by atoms with van der Waals surface area (Å²) in [4.78, 5) is 15.8. The molecule has 0 aliphatic carbocycles. The van der Waals surface area contributed by atoms with Gasteiger partial charge in [-0.3, -0.25) is 4.79 Å². The highest BCUT2D eigenvalue weighted by atomic mass is 32.1. The molecular weight excluding hydrogens is 210 g/mol. The van der Waals surface area contributed by atoms with Crippen LogP contribution in [0.3, 0.4) is 0 Å². The average Bonchev–Trinajstić information content (AvgIpc) is 2.51. The zero-order valence-electron chi connectivity index (χ0n) is 9.33. The van der Waals surface area contributed by atoms with E-state index < -0.39 is 5.54 Å². The number of aryl methyl sites for hydroxylation is 1. The molecular formula is C10H17N3OS. The van der Waals surface area contributed by atoms with Gasteiger partial charge in [0.2, 0.25) is 5.91 Å². The Kier molecular flexibility index (Phi) is 3.82. The number of hydrogen-bond donors (Lipinski definition) is 2. The molecule has 0 fully saturated rings. The highest BCUT2D eigenvalue weighted by molar-refractivity contribution is 7.09. The van der Waals surface area contributed by atoms with Crippen LogP contribution in [-0.4, -0.2) is 17.4 Å². The van der Waals surface area contributed by atoms with Crippen LogP contribution in [0.5, 0.6) is 0 Å². The van der Waals surface area contributed by atoms with Gasteiger partial charge >= 0.3 is 0 Å². The number of thiazole rings is 1.